The van der Waals surface area contributed by atoms with Crippen molar-refractivity contribution in [3.8, 4) is 16.9 Å². The second-order valence-electron chi connectivity index (χ2n) is 16.3. The number of carbonyl (C=O) groups excluding carboxylic acids is 4. The first kappa shape index (κ1) is 39.9. The molecule has 1 aromatic carbocycles. The zero-order valence-electron chi connectivity index (χ0n) is 32.5. The molecule has 2 saturated carbocycles. The van der Waals surface area contributed by atoms with Crippen LogP contribution in [0.25, 0.3) is 22.0 Å². The number of hydrogen-bond acceptors (Lipinski definition) is 11. The number of allylic oxidation sites excluding steroid dienone is 1. The van der Waals surface area contributed by atoms with E-state index in [1.807, 2.05) is 36.4 Å². The highest BCUT2D eigenvalue weighted by Gasteiger charge is 2.62. The van der Waals surface area contributed by atoms with Gasteiger partial charge in [-0.25, -0.2) is 17.9 Å². The van der Waals surface area contributed by atoms with Gasteiger partial charge in [-0.05, 0) is 77.0 Å². The summed E-state index contributed by atoms with van der Waals surface area (Å²) < 4.78 is 40.3. The van der Waals surface area contributed by atoms with Gasteiger partial charge in [-0.15, -0.1) is 0 Å². The van der Waals surface area contributed by atoms with E-state index in [-0.39, 0.29) is 31.6 Å². The molecule has 1 saturated heterocycles. The van der Waals surface area contributed by atoms with Crippen molar-refractivity contribution in [1.29, 1.82) is 0 Å². The van der Waals surface area contributed by atoms with E-state index in [9.17, 15) is 32.4 Å². The van der Waals surface area contributed by atoms with Crippen LogP contribution in [-0.4, -0.2) is 94.0 Å². The Morgan fingerprint density at radius 3 is 2.53 bits per heavy atom. The van der Waals surface area contributed by atoms with Crippen LogP contribution >= 0.6 is 0 Å². The molecule has 2 aliphatic heterocycles. The van der Waals surface area contributed by atoms with E-state index in [1.165, 1.54) is 22.9 Å². The average molecular weight is 804 g/mol. The van der Waals surface area contributed by atoms with E-state index in [1.54, 1.807) is 33.0 Å². The number of sulfonamides is 1. The van der Waals surface area contributed by atoms with Crippen LogP contribution in [0, 0.1) is 5.92 Å². The largest absolute Gasteiger partial charge is 0.491 e. The van der Waals surface area contributed by atoms with Gasteiger partial charge in [-0.1, -0.05) is 43.2 Å². The van der Waals surface area contributed by atoms with E-state index in [0.29, 0.717) is 42.3 Å². The van der Waals surface area contributed by atoms with Crippen LogP contribution in [-0.2, 0) is 29.1 Å². The Morgan fingerprint density at radius 2 is 1.79 bits per heavy atom. The van der Waals surface area contributed by atoms with Crippen LogP contribution in [0.5, 0.6) is 5.75 Å². The highest BCUT2D eigenvalue weighted by Crippen LogP contribution is 2.46. The van der Waals surface area contributed by atoms with Gasteiger partial charge in [0.2, 0.25) is 21.8 Å². The Morgan fingerprint density at radius 1 is 1.02 bits per heavy atom. The Labute approximate surface area is 330 Å². The number of fused-ring (bicyclic) bond motifs is 3. The lowest BCUT2D eigenvalue weighted by Gasteiger charge is -2.30. The molecule has 0 spiro atoms. The van der Waals surface area contributed by atoms with Gasteiger partial charge in [0.05, 0.1) is 35.7 Å². The van der Waals surface area contributed by atoms with Gasteiger partial charge in [-0.3, -0.25) is 28.9 Å². The monoisotopic (exact) mass is 803 g/mol. The summed E-state index contributed by atoms with van der Waals surface area (Å²) in [5.74, 6) is -2.58. The molecule has 3 N–H and O–H groups in total. The summed E-state index contributed by atoms with van der Waals surface area (Å²) in [6, 6.07) is 6.09. The maximum Gasteiger partial charge on any atom is 0.408 e. The molecule has 3 fully saturated rings. The minimum atomic E-state index is -3.93. The predicted octanol–water partition coefficient (Wildman–Crippen LogP) is 3.51. The normalized spacial score (nSPS) is 26.2. The van der Waals surface area contributed by atoms with Gasteiger partial charge in [0.1, 0.15) is 23.2 Å². The summed E-state index contributed by atoms with van der Waals surface area (Å²) in [7, 11) is -2.55. The number of alkyl carbamates (subject to hydrolysis) is 1. The zero-order valence-corrected chi connectivity index (χ0v) is 33.3. The van der Waals surface area contributed by atoms with Crippen molar-refractivity contribution in [3.05, 3.63) is 65.2 Å². The maximum absolute atomic E-state index is 14.6. The fourth-order valence-corrected chi connectivity index (χ4v) is 9.20. The molecule has 2 aromatic heterocycles. The van der Waals surface area contributed by atoms with Crippen LogP contribution < -0.4 is 25.7 Å². The highest BCUT2D eigenvalue weighted by molar-refractivity contribution is 7.91. The lowest BCUT2D eigenvalue weighted by atomic mass is 10.0. The van der Waals surface area contributed by atoms with Gasteiger partial charge in [0.15, 0.2) is 5.75 Å². The molecule has 5 atom stereocenters. The number of benzene rings is 1. The molecule has 0 radical (unpaired) electrons. The first-order chi connectivity index (χ1) is 27.1. The Kier molecular flexibility index (Phi) is 10.9. The number of ether oxygens (including phenoxy) is 2. The maximum atomic E-state index is 14.6. The van der Waals surface area contributed by atoms with Crippen molar-refractivity contribution >= 4 is 44.7 Å². The molecule has 2 unspecified atom stereocenters. The SMILES string of the molecule is COc1c(-c2ccnc3ccccc23)cnn(C2C[C@H]3C(=O)NC4(C(=O)NS(=O)(=O)C5CC5)C[C@H]4/C=C\CCCCC[C@H](NC(=O)OC(C)(C)C)C(=O)N3C2)c1=O. The number of carbonyl (C=O) groups is 4. The number of rotatable bonds is 7. The van der Waals surface area contributed by atoms with E-state index < -0.39 is 79.8 Å². The van der Waals surface area contributed by atoms with E-state index >= 15 is 0 Å². The molecular weight excluding hydrogens is 755 g/mol. The van der Waals surface area contributed by atoms with Gasteiger partial charge in [0, 0.05) is 30.5 Å². The van der Waals surface area contributed by atoms with Crippen LogP contribution in [0.3, 0.4) is 0 Å². The first-order valence-corrected chi connectivity index (χ1v) is 21.0. The lowest BCUT2D eigenvalue weighted by Crippen LogP contribution is -2.58. The minimum Gasteiger partial charge on any atom is -0.491 e. The van der Waals surface area contributed by atoms with Crippen LogP contribution in [0.2, 0.25) is 0 Å². The number of methoxy groups -OCH3 is 1. The molecule has 7 rings (SSSR count). The summed E-state index contributed by atoms with van der Waals surface area (Å²) in [6.07, 6.45) is 10.1. The van der Waals surface area contributed by atoms with Crippen molar-refractivity contribution in [3.63, 3.8) is 0 Å². The molecule has 57 heavy (non-hydrogen) atoms. The first-order valence-electron chi connectivity index (χ1n) is 19.5. The highest BCUT2D eigenvalue weighted by atomic mass is 32.2. The summed E-state index contributed by atoms with van der Waals surface area (Å²) in [6.45, 7) is 4.98. The smallest absolute Gasteiger partial charge is 0.408 e. The van der Waals surface area contributed by atoms with Gasteiger partial charge in [-0.2, -0.15) is 5.10 Å². The number of amides is 4. The van der Waals surface area contributed by atoms with E-state index in [2.05, 4.69) is 25.4 Å². The number of nitrogens with zero attached hydrogens (tertiary/aromatic N) is 4. The van der Waals surface area contributed by atoms with Gasteiger partial charge in [0.25, 0.3) is 5.91 Å². The van der Waals surface area contributed by atoms with Gasteiger partial charge >= 0.3 is 11.7 Å². The average Bonchev–Trinajstić information content (AvgIpc) is 4.09. The van der Waals surface area contributed by atoms with Crippen molar-refractivity contribution < 1.29 is 37.1 Å². The molecule has 0 bridgehead atoms. The summed E-state index contributed by atoms with van der Waals surface area (Å²) in [5, 5.41) is 10.2. The summed E-state index contributed by atoms with van der Waals surface area (Å²) in [5.41, 5.74) is -1.17. The van der Waals surface area contributed by atoms with E-state index in [0.717, 1.165) is 18.2 Å². The van der Waals surface area contributed by atoms with Gasteiger partial charge < -0.3 is 25.0 Å². The van der Waals surface area contributed by atoms with Crippen LogP contribution in [0.15, 0.2) is 59.7 Å². The number of aromatic nitrogens is 3. The summed E-state index contributed by atoms with van der Waals surface area (Å²) >= 11 is 0. The van der Waals surface area contributed by atoms with Crippen LogP contribution in [0.4, 0.5) is 4.79 Å². The fourth-order valence-electron chi connectivity index (χ4n) is 7.84. The zero-order chi connectivity index (χ0) is 40.7. The number of para-hydroxylation sites is 1. The quantitative estimate of drug-likeness (QED) is 0.295. The Hall–Kier alpha value is -5.32. The number of pyridine rings is 1. The lowest BCUT2D eigenvalue weighted by molar-refractivity contribution is -0.141. The van der Waals surface area contributed by atoms with Crippen molar-refractivity contribution in [1.82, 2.24) is 35.0 Å². The Balaban J connectivity index is 1.25. The third-order valence-electron chi connectivity index (χ3n) is 11.0. The number of nitrogens with one attached hydrogen (secondary N) is 3. The van der Waals surface area contributed by atoms with E-state index in [4.69, 9.17) is 9.47 Å². The van der Waals surface area contributed by atoms with Crippen molar-refractivity contribution in [2.75, 3.05) is 13.7 Å². The molecule has 4 amide bonds. The predicted molar refractivity (Wildman–Crippen MR) is 209 cm³/mol. The topological polar surface area (TPSA) is 208 Å². The third kappa shape index (κ3) is 8.38. The molecule has 16 nitrogen and oxygen atoms in total. The summed E-state index contributed by atoms with van der Waals surface area (Å²) in [4.78, 5) is 75.9. The Bertz CT molecular complexity index is 2280. The molecule has 17 heteroatoms. The minimum absolute atomic E-state index is 0.00571. The second kappa shape index (κ2) is 15.6. The molecule has 2 aliphatic carbocycles. The molecule has 4 heterocycles. The molecule has 3 aromatic rings. The fraction of sp³-hybridized carbons (Fsp3) is 0.525. The third-order valence-corrected chi connectivity index (χ3v) is 12.8. The standard InChI is InChI=1S/C40H49N7O9S/c1-39(2,3)56-38(52)43-31-15-9-7-5-6-8-12-24-21-40(24,37(51)45-57(53,54)26-16-17-26)44-34(48)32-20-25(23-46(32)35(31)49)47-36(50)33(55-4)29(22-42-47)27-18-19-41-30-14-11-10-13-28(27)30/h8,10-14,18-19,22,24-26,31-32H,5-7,9,15-17,20-21,23H2,1-4H3,(H,43,52)(H,44,48)(H,45,51)/b12-8-/t24-,25?,31+,32+,40?/m1/s1. The molecular formula is C40H49N7O9S. The van der Waals surface area contributed by atoms with Crippen molar-refractivity contribution in [2.24, 2.45) is 5.92 Å². The molecule has 304 valence electrons. The van der Waals surface area contributed by atoms with Crippen molar-refractivity contribution in [2.45, 2.75) is 113 Å². The second-order valence-corrected chi connectivity index (χ2v) is 18.3. The number of hydrogen-bond donors (Lipinski definition) is 3. The van der Waals surface area contributed by atoms with Crippen LogP contribution in [0.1, 0.15) is 84.6 Å². The molecule has 4 aliphatic rings.